The molecular weight excluding hydrogens is 300 g/mol. The van der Waals surface area contributed by atoms with Crippen LogP contribution in [-0.2, 0) is 17.6 Å². The van der Waals surface area contributed by atoms with Gasteiger partial charge < -0.3 is 0 Å². The number of hydrogen-bond donors (Lipinski definition) is 0. The van der Waals surface area contributed by atoms with Crippen LogP contribution in [0.3, 0.4) is 0 Å². The molecule has 19 heavy (non-hydrogen) atoms. The minimum Gasteiger partial charge on any atom is -0.299 e. The average Bonchev–Trinajstić information content (AvgIpc) is 2.36. The number of Topliss-reactive ketones (excluding diaryl/α,β-unsaturated/α-hetero) is 1. The molecule has 0 fully saturated rings. The summed E-state index contributed by atoms with van der Waals surface area (Å²) in [7, 11) is 0. The lowest BCUT2D eigenvalue weighted by Crippen LogP contribution is -2.04. The molecule has 0 aromatic heterocycles. The van der Waals surface area contributed by atoms with E-state index >= 15 is 0 Å². The Morgan fingerprint density at radius 1 is 1.05 bits per heavy atom. The molecule has 0 unspecified atom stereocenters. The summed E-state index contributed by atoms with van der Waals surface area (Å²) in [6.45, 7) is 2.08. The summed E-state index contributed by atoms with van der Waals surface area (Å²) in [5.74, 6) is 0.291. The Bertz CT molecular complexity index is 575. The summed E-state index contributed by atoms with van der Waals surface area (Å²) in [6.07, 6.45) is 1.95. The molecule has 0 aliphatic heterocycles. The van der Waals surface area contributed by atoms with E-state index in [0.717, 1.165) is 16.5 Å². The number of aryl methyl sites for hydroxylation is 2. The third-order valence-corrected chi connectivity index (χ3v) is 3.56. The largest absolute Gasteiger partial charge is 0.299 e. The zero-order chi connectivity index (χ0) is 13.7. The van der Waals surface area contributed by atoms with Gasteiger partial charge in [-0.1, -0.05) is 57.9 Å². The van der Waals surface area contributed by atoms with Crippen molar-refractivity contribution in [3.05, 3.63) is 69.7 Å². The SMILES string of the molecule is Cc1cccc(CCC(=O)Cc2cccc(Br)c2)c1. The van der Waals surface area contributed by atoms with Crippen molar-refractivity contribution in [2.24, 2.45) is 0 Å². The van der Waals surface area contributed by atoms with Crippen molar-refractivity contribution in [1.29, 1.82) is 0 Å². The van der Waals surface area contributed by atoms with Gasteiger partial charge in [0, 0.05) is 17.3 Å². The Labute approximate surface area is 122 Å². The molecule has 0 bridgehead atoms. The van der Waals surface area contributed by atoms with E-state index in [9.17, 15) is 4.79 Å². The molecule has 0 saturated heterocycles. The van der Waals surface area contributed by atoms with E-state index in [0.29, 0.717) is 18.6 Å². The van der Waals surface area contributed by atoms with Crippen molar-refractivity contribution in [1.82, 2.24) is 0 Å². The highest BCUT2D eigenvalue weighted by atomic mass is 79.9. The first-order chi connectivity index (χ1) is 9.13. The minimum absolute atomic E-state index is 0.291. The van der Waals surface area contributed by atoms with Crippen LogP contribution >= 0.6 is 15.9 Å². The van der Waals surface area contributed by atoms with Gasteiger partial charge in [0.25, 0.3) is 0 Å². The number of carbonyl (C=O) groups excluding carboxylic acids is 1. The fourth-order valence-corrected chi connectivity index (χ4v) is 2.56. The molecule has 0 spiro atoms. The quantitative estimate of drug-likeness (QED) is 0.793. The Balaban J connectivity index is 1.88. The fraction of sp³-hybridized carbons (Fsp3) is 0.235. The molecule has 0 atom stereocenters. The van der Waals surface area contributed by atoms with Gasteiger partial charge in [0.1, 0.15) is 5.78 Å². The highest BCUT2D eigenvalue weighted by Gasteiger charge is 2.05. The summed E-state index contributed by atoms with van der Waals surface area (Å²) in [6, 6.07) is 16.3. The molecule has 0 heterocycles. The molecule has 2 aromatic carbocycles. The third-order valence-electron chi connectivity index (χ3n) is 3.07. The lowest BCUT2D eigenvalue weighted by molar-refractivity contribution is -0.118. The van der Waals surface area contributed by atoms with Crippen LogP contribution in [0.4, 0.5) is 0 Å². The summed E-state index contributed by atoms with van der Waals surface area (Å²) < 4.78 is 1.02. The molecule has 98 valence electrons. The lowest BCUT2D eigenvalue weighted by Gasteiger charge is -2.04. The molecule has 0 aliphatic rings. The standard InChI is InChI=1S/C17H17BrO/c1-13-4-2-5-14(10-13)8-9-17(19)12-15-6-3-7-16(18)11-15/h2-7,10-11H,8-9,12H2,1H3. The second-order valence-corrected chi connectivity index (χ2v) is 5.75. The Kier molecular flexibility index (Phi) is 4.92. The third kappa shape index (κ3) is 4.64. The summed E-state index contributed by atoms with van der Waals surface area (Å²) in [4.78, 5) is 12.0. The first-order valence-electron chi connectivity index (χ1n) is 6.45. The van der Waals surface area contributed by atoms with Crippen LogP contribution in [-0.4, -0.2) is 5.78 Å². The van der Waals surface area contributed by atoms with Crippen molar-refractivity contribution >= 4 is 21.7 Å². The molecule has 1 nitrogen and oxygen atoms in total. The molecular formula is C17H17BrO. The first-order valence-corrected chi connectivity index (χ1v) is 7.24. The maximum atomic E-state index is 12.0. The number of benzene rings is 2. The summed E-state index contributed by atoms with van der Waals surface area (Å²) >= 11 is 3.42. The predicted octanol–water partition coefficient (Wildman–Crippen LogP) is 4.50. The van der Waals surface area contributed by atoms with E-state index < -0.39 is 0 Å². The number of ketones is 1. The molecule has 0 aliphatic carbocycles. The highest BCUT2D eigenvalue weighted by Crippen LogP contribution is 2.13. The Morgan fingerprint density at radius 2 is 1.79 bits per heavy atom. The van der Waals surface area contributed by atoms with E-state index in [1.54, 1.807) is 0 Å². The number of rotatable bonds is 5. The van der Waals surface area contributed by atoms with Crippen LogP contribution in [0.2, 0.25) is 0 Å². The maximum Gasteiger partial charge on any atom is 0.137 e. The molecule has 0 saturated carbocycles. The van der Waals surface area contributed by atoms with Crippen molar-refractivity contribution in [3.8, 4) is 0 Å². The van der Waals surface area contributed by atoms with Crippen molar-refractivity contribution in [2.45, 2.75) is 26.2 Å². The van der Waals surface area contributed by atoms with Gasteiger partial charge in [-0.15, -0.1) is 0 Å². The molecule has 2 heteroatoms. The average molecular weight is 317 g/mol. The monoisotopic (exact) mass is 316 g/mol. The van der Waals surface area contributed by atoms with E-state index in [1.807, 2.05) is 30.3 Å². The Hall–Kier alpha value is -1.41. The predicted molar refractivity (Wildman–Crippen MR) is 82.4 cm³/mol. The van der Waals surface area contributed by atoms with E-state index in [-0.39, 0.29) is 0 Å². The minimum atomic E-state index is 0.291. The number of hydrogen-bond acceptors (Lipinski definition) is 1. The number of carbonyl (C=O) groups is 1. The van der Waals surface area contributed by atoms with Gasteiger partial charge >= 0.3 is 0 Å². The van der Waals surface area contributed by atoms with Gasteiger partial charge in [0.05, 0.1) is 0 Å². The normalized spacial score (nSPS) is 10.4. The fourth-order valence-electron chi connectivity index (χ4n) is 2.11. The van der Waals surface area contributed by atoms with Gasteiger partial charge in [-0.05, 0) is 36.6 Å². The second kappa shape index (κ2) is 6.67. The smallest absolute Gasteiger partial charge is 0.137 e. The number of halogens is 1. The molecule has 0 N–H and O–H groups in total. The molecule has 0 radical (unpaired) electrons. The zero-order valence-corrected chi connectivity index (χ0v) is 12.6. The van der Waals surface area contributed by atoms with Crippen LogP contribution in [0, 0.1) is 6.92 Å². The van der Waals surface area contributed by atoms with Gasteiger partial charge in [-0.2, -0.15) is 0 Å². The first kappa shape index (κ1) is 14.0. The summed E-state index contributed by atoms with van der Waals surface area (Å²) in [5.41, 5.74) is 3.56. The van der Waals surface area contributed by atoms with Gasteiger partial charge in [0.2, 0.25) is 0 Å². The maximum absolute atomic E-state index is 12.0. The zero-order valence-electron chi connectivity index (χ0n) is 11.0. The summed E-state index contributed by atoms with van der Waals surface area (Å²) in [5, 5.41) is 0. The molecule has 2 aromatic rings. The van der Waals surface area contributed by atoms with Gasteiger partial charge in [-0.3, -0.25) is 4.79 Å². The van der Waals surface area contributed by atoms with E-state index in [4.69, 9.17) is 0 Å². The highest BCUT2D eigenvalue weighted by molar-refractivity contribution is 9.10. The van der Waals surface area contributed by atoms with Crippen molar-refractivity contribution in [3.63, 3.8) is 0 Å². The Morgan fingerprint density at radius 3 is 2.53 bits per heavy atom. The van der Waals surface area contributed by atoms with Crippen LogP contribution < -0.4 is 0 Å². The van der Waals surface area contributed by atoms with Crippen LogP contribution in [0.25, 0.3) is 0 Å². The van der Waals surface area contributed by atoms with Crippen molar-refractivity contribution in [2.75, 3.05) is 0 Å². The molecule has 0 amide bonds. The van der Waals surface area contributed by atoms with E-state index in [1.165, 1.54) is 11.1 Å². The molecule has 2 rings (SSSR count). The van der Waals surface area contributed by atoms with Crippen LogP contribution in [0.5, 0.6) is 0 Å². The van der Waals surface area contributed by atoms with Crippen molar-refractivity contribution < 1.29 is 4.79 Å². The van der Waals surface area contributed by atoms with Gasteiger partial charge in [0.15, 0.2) is 0 Å². The second-order valence-electron chi connectivity index (χ2n) is 4.83. The van der Waals surface area contributed by atoms with Crippen LogP contribution in [0.15, 0.2) is 53.0 Å². The van der Waals surface area contributed by atoms with Gasteiger partial charge in [-0.25, -0.2) is 0 Å². The topological polar surface area (TPSA) is 17.1 Å². The van der Waals surface area contributed by atoms with Crippen LogP contribution in [0.1, 0.15) is 23.1 Å². The lowest BCUT2D eigenvalue weighted by atomic mass is 10.0. The van der Waals surface area contributed by atoms with E-state index in [2.05, 4.69) is 41.1 Å².